The van der Waals surface area contributed by atoms with Crippen molar-refractivity contribution in [2.24, 2.45) is 5.10 Å². The Morgan fingerprint density at radius 3 is 2.71 bits per heavy atom. The molecule has 2 aromatic rings. The van der Waals surface area contributed by atoms with E-state index in [0.29, 0.717) is 47.7 Å². The fourth-order valence-electron chi connectivity index (χ4n) is 2.51. The van der Waals surface area contributed by atoms with E-state index in [4.69, 9.17) is 30.5 Å². The van der Waals surface area contributed by atoms with Crippen LogP contribution in [-0.4, -0.2) is 38.0 Å². The van der Waals surface area contributed by atoms with Gasteiger partial charge in [-0.05, 0) is 55.8 Å². The number of hydrogen-bond donors (Lipinski definition) is 1. The second kappa shape index (κ2) is 9.32. The largest absolute Gasteiger partial charge is 0.494 e. The van der Waals surface area contributed by atoms with E-state index in [1.165, 1.54) is 6.21 Å². The van der Waals surface area contributed by atoms with Crippen molar-refractivity contribution in [3.05, 3.63) is 47.0 Å². The zero-order chi connectivity index (χ0) is 19.9. The highest BCUT2D eigenvalue weighted by molar-refractivity contribution is 6.32. The van der Waals surface area contributed by atoms with Crippen LogP contribution < -0.4 is 24.4 Å². The summed E-state index contributed by atoms with van der Waals surface area (Å²) in [5.74, 6) is 2.00. The Labute approximate surface area is 168 Å². The standard InChI is InChI=1S/C20H21ClN2O5/c1-3-25-15-4-6-16(7-5-15)28-13(2)20(24)23-22-12-14-10-17(21)19-18(11-14)26-8-9-27-19/h4-7,10-13H,3,8-9H2,1-2H3,(H,23,24)/b22-12-/t13-/m0/s1. The van der Waals surface area contributed by atoms with Crippen LogP contribution in [-0.2, 0) is 4.79 Å². The van der Waals surface area contributed by atoms with Gasteiger partial charge in [-0.25, -0.2) is 5.43 Å². The summed E-state index contributed by atoms with van der Waals surface area (Å²) in [6.45, 7) is 5.06. The van der Waals surface area contributed by atoms with Crippen LogP contribution >= 0.6 is 11.6 Å². The Bertz CT molecular complexity index is 854. The zero-order valence-electron chi connectivity index (χ0n) is 15.6. The van der Waals surface area contributed by atoms with Crippen LogP contribution in [0.5, 0.6) is 23.0 Å². The minimum atomic E-state index is -0.723. The third-order valence-electron chi connectivity index (χ3n) is 3.82. The second-order valence-electron chi connectivity index (χ2n) is 5.93. The van der Waals surface area contributed by atoms with Gasteiger partial charge in [0.1, 0.15) is 24.7 Å². The molecule has 28 heavy (non-hydrogen) atoms. The van der Waals surface area contributed by atoms with Crippen molar-refractivity contribution in [2.75, 3.05) is 19.8 Å². The summed E-state index contributed by atoms with van der Waals surface area (Å²) < 4.78 is 22.0. The normalized spacial score (nSPS) is 13.8. The summed E-state index contributed by atoms with van der Waals surface area (Å²) in [5, 5.41) is 4.38. The van der Waals surface area contributed by atoms with Crippen LogP contribution in [0.3, 0.4) is 0 Å². The molecule has 1 N–H and O–H groups in total. The van der Waals surface area contributed by atoms with Gasteiger partial charge in [-0.2, -0.15) is 5.10 Å². The number of ether oxygens (including phenoxy) is 4. The molecule has 1 aliphatic rings. The number of hydrazone groups is 1. The Kier molecular flexibility index (Phi) is 6.60. The van der Waals surface area contributed by atoms with Crippen LogP contribution in [0, 0.1) is 0 Å². The average molecular weight is 405 g/mol. The van der Waals surface area contributed by atoms with E-state index < -0.39 is 6.10 Å². The van der Waals surface area contributed by atoms with Crippen molar-refractivity contribution >= 4 is 23.7 Å². The van der Waals surface area contributed by atoms with E-state index in [-0.39, 0.29) is 5.91 Å². The van der Waals surface area contributed by atoms with Gasteiger partial charge in [0.25, 0.3) is 5.91 Å². The van der Waals surface area contributed by atoms with E-state index in [0.717, 1.165) is 5.75 Å². The van der Waals surface area contributed by atoms with Gasteiger partial charge in [0.2, 0.25) is 0 Å². The van der Waals surface area contributed by atoms with Gasteiger partial charge >= 0.3 is 0 Å². The average Bonchev–Trinajstić information content (AvgIpc) is 2.69. The van der Waals surface area contributed by atoms with Crippen LogP contribution in [0.2, 0.25) is 5.02 Å². The number of rotatable bonds is 7. The highest BCUT2D eigenvalue weighted by atomic mass is 35.5. The predicted octanol–water partition coefficient (Wildman–Crippen LogP) is 3.43. The molecule has 2 aromatic carbocycles. The van der Waals surface area contributed by atoms with Crippen LogP contribution in [0.15, 0.2) is 41.5 Å². The van der Waals surface area contributed by atoms with E-state index >= 15 is 0 Å². The fourth-order valence-corrected chi connectivity index (χ4v) is 2.78. The summed E-state index contributed by atoms with van der Waals surface area (Å²) >= 11 is 6.18. The van der Waals surface area contributed by atoms with Crippen LogP contribution in [0.1, 0.15) is 19.4 Å². The van der Waals surface area contributed by atoms with Crippen LogP contribution in [0.4, 0.5) is 0 Å². The summed E-state index contributed by atoms with van der Waals surface area (Å²) in [6.07, 6.45) is 0.755. The van der Waals surface area contributed by atoms with Gasteiger partial charge in [-0.1, -0.05) is 11.6 Å². The number of carbonyl (C=O) groups excluding carboxylic acids is 1. The third-order valence-corrected chi connectivity index (χ3v) is 4.11. The number of fused-ring (bicyclic) bond motifs is 1. The predicted molar refractivity (Wildman–Crippen MR) is 106 cm³/mol. The zero-order valence-corrected chi connectivity index (χ0v) is 16.4. The molecule has 3 rings (SSSR count). The maximum Gasteiger partial charge on any atom is 0.280 e. The fraction of sp³-hybridized carbons (Fsp3) is 0.300. The molecule has 148 valence electrons. The van der Waals surface area contributed by atoms with Crippen molar-refractivity contribution in [1.29, 1.82) is 0 Å². The smallest absolute Gasteiger partial charge is 0.280 e. The van der Waals surface area contributed by atoms with E-state index in [2.05, 4.69) is 10.5 Å². The van der Waals surface area contributed by atoms with Crippen molar-refractivity contribution < 1.29 is 23.7 Å². The molecule has 0 saturated heterocycles. The number of carbonyl (C=O) groups is 1. The van der Waals surface area contributed by atoms with Crippen molar-refractivity contribution in [1.82, 2.24) is 5.43 Å². The first-order valence-electron chi connectivity index (χ1n) is 8.88. The van der Waals surface area contributed by atoms with Gasteiger partial charge in [-0.3, -0.25) is 4.79 Å². The first-order chi connectivity index (χ1) is 13.6. The molecule has 0 unspecified atom stereocenters. The lowest BCUT2D eigenvalue weighted by Crippen LogP contribution is -2.33. The lowest BCUT2D eigenvalue weighted by molar-refractivity contribution is -0.127. The summed E-state index contributed by atoms with van der Waals surface area (Å²) in [6, 6.07) is 10.5. The molecule has 8 heteroatoms. The van der Waals surface area contributed by atoms with E-state index in [1.54, 1.807) is 43.3 Å². The van der Waals surface area contributed by atoms with Gasteiger partial charge in [0, 0.05) is 0 Å². The molecule has 1 amide bonds. The molecule has 0 aromatic heterocycles. The number of nitrogens with one attached hydrogen (secondary N) is 1. The molecule has 7 nitrogen and oxygen atoms in total. The molecule has 0 saturated carbocycles. The Morgan fingerprint density at radius 2 is 1.96 bits per heavy atom. The molecule has 0 fully saturated rings. The lowest BCUT2D eigenvalue weighted by atomic mass is 10.2. The van der Waals surface area contributed by atoms with Crippen molar-refractivity contribution in [3.63, 3.8) is 0 Å². The maximum absolute atomic E-state index is 12.2. The number of halogens is 1. The Hall–Kier alpha value is -2.93. The molecule has 0 bridgehead atoms. The number of nitrogens with zero attached hydrogens (tertiary/aromatic N) is 1. The Morgan fingerprint density at radius 1 is 1.25 bits per heavy atom. The van der Waals surface area contributed by atoms with Gasteiger partial charge < -0.3 is 18.9 Å². The molecule has 1 heterocycles. The molecule has 1 aliphatic heterocycles. The summed E-state index contributed by atoms with van der Waals surface area (Å²) in [5.41, 5.74) is 3.12. The minimum absolute atomic E-state index is 0.381. The third kappa shape index (κ3) is 5.07. The molecule has 1 atom stereocenters. The number of amides is 1. The van der Waals surface area contributed by atoms with Gasteiger partial charge in [0.15, 0.2) is 17.6 Å². The van der Waals surface area contributed by atoms with Crippen molar-refractivity contribution in [3.8, 4) is 23.0 Å². The topological polar surface area (TPSA) is 78.4 Å². The second-order valence-corrected chi connectivity index (χ2v) is 6.33. The SMILES string of the molecule is CCOc1ccc(O[C@@H](C)C(=O)N/N=C\c2cc(Cl)c3c(c2)OCCO3)cc1. The van der Waals surface area contributed by atoms with Gasteiger partial charge in [-0.15, -0.1) is 0 Å². The monoisotopic (exact) mass is 404 g/mol. The number of hydrogen-bond acceptors (Lipinski definition) is 6. The van der Waals surface area contributed by atoms with Crippen LogP contribution in [0.25, 0.3) is 0 Å². The molecular formula is C20H21ClN2O5. The minimum Gasteiger partial charge on any atom is -0.494 e. The van der Waals surface area contributed by atoms with E-state index in [1.807, 2.05) is 6.92 Å². The quantitative estimate of drug-likeness (QED) is 0.565. The highest BCUT2D eigenvalue weighted by Crippen LogP contribution is 2.37. The van der Waals surface area contributed by atoms with E-state index in [9.17, 15) is 4.79 Å². The molecule has 0 aliphatic carbocycles. The number of benzene rings is 2. The maximum atomic E-state index is 12.2. The summed E-state index contributed by atoms with van der Waals surface area (Å²) in [4.78, 5) is 12.2. The first kappa shape index (κ1) is 19.8. The lowest BCUT2D eigenvalue weighted by Gasteiger charge is -2.19. The Balaban J connectivity index is 1.55. The molecule has 0 radical (unpaired) electrons. The highest BCUT2D eigenvalue weighted by Gasteiger charge is 2.17. The van der Waals surface area contributed by atoms with Gasteiger partial charge in [0.05, 0.1) is 17.8 Å². The first-order valence-corrected chi connectivity index (χ1v) is 9.26. The molecular weight excluding hydrogens is 384 g/mol. The summed E-state index contributed by atoms with van der Waals surface area (Å²) in [7, 11) is 0. The van der Waals surface area contributed by atoms with Crippen molar-refractivity contribution in [2.45, 2.75) is 20.0 Å². The molecule has 0 spiro atoms.